The van der Waals surface area contributed by atoms with Gasteiger partial charge < -0.3 is 10.2 Å². The molecule has 0 atom stereocenters. The van der Waals surface area contributed by atoms with Crippen molar-refractivity contribution >= 4 is 5.82 Å². The van der Waals surface area contributed by atoms with Crippen molar-refractivity contribution in [2.24, 2.45) is 0 Å². The molecule has 16 heavy (non-hydrogen) atoms. The van der Waals surface area contributed by atoms with Crippen LogP contribution in [0.1, 0.15) is 25.6 Å². The third-order valence-corrected chi connectivity index (χ3v) is 3.16. The molecule has 1 fully saturated rings. The quantitative estimate of drug-likeness (QED) is 0.841. The van der Waals surface area contributed by atoms with Crippen LogP contribution < -0.4 is 5.32 Å². The lowest BCUT2D eigenvalue weighted by Gasteiger charge is -2.31. The molecule has 0 saturated carbocycles. The summed E-state index contributed by atoms with van der Waals surface area (Å²) >= 11 is 0. The van der Waals surface area contributed by atoms with Crippen LogP contribution in [-0.4, -0.2) is 40.5 Å². The number of hydrogen-bond acceptors (Lipinski definition) is 4. The molecule has 0 amide bonds. The SMILES string of the molecule is CCN1CCC(Nc2ccnc(C)n2)CC1. The summed E-state index contributed by atoms with van der Waals surface area (Å²) in [7, 11) is 0. The Morgan fingerprint density at radius 3 is 2.81 bits per heavy atom. The van der Waals surface area contributed by atoms with Crippen LogP contribution in [0.15, 0.2) is 12.3 Å². The van der Waals surface area contributed by atoms with Gasteiger partial charge in [0.15, 0.2) is 0 Å². The minimum absolute atomic E-state index is 0.567. The van der Waals surface area contributed by atoms with Gasteiger partial charge in [-0.15, -0.1) is 0 Å². The Hall–Kier alpha value is -1.16. The maximum Gasteiger partial charge on any atom is 0.129 e. The molecule has 0 bridgehead atoms. The minimum atomic E-state index is 0.567. The highest BCUT2D eigenvalue weighted by Gasteiger charge is 2.17. The molecule has 1 aromatic rings. The second-order valence-electron chi connectivity index (χ2n) is 4.34. The van der Waals surface area contributed by atoms with Crippen molar-refractivity contribution in [3.05, 3.63) is 18.1 Å². The summed E-state index contributed by atoms with van der Waals surface area (Å²) in [6.45, 7) is 7.70. The van der Waals surface area contributed by atoms with Crippen molar-refractivity contribution in [1.82, 2.24) is 14.9 Å². The van der Waals surface area contributed by atoms with Crippen molar-refractivity contribution in [1.29, 1.82) is 0 Å². The van der Waals surface area contributed by atoms with Gasteiger partial charge in [0, 0.05) is 25.3 Å². The van der Waals surface area contributed by atoms with E-state index in [2.05, 4.69) is 27.1 Å². The third-order valence-electron chi connectivity index (χ3n) is 3.16. The first kappa shape index (κ1) is 11.3. The van der Waals surface area contributed by atoms with E-state index in [1.807, 2.05) is 19.2 Å². The Bertz CT molecular complexity index is 332. The predicted molar refractivity (Wildman–Crippen MR) is 65.5 cm³/mol. The molecular weight excluding hydrogens is 200 g/mol. The molecule has 1 aromatic heterocycles. The van der Waals surface area contributed by atoms with Crippen molar-refractivity contribution in [2.45, 2.75) is 32.7 Å². The number of nitrogens with one attached hydrogen (secondary N) is 1. The molecule has 0 unspecified atom stereocenters. The van der Waals surface area contributed by atoms with Crippen LogP contribution in [0.3, 0.4) is 0 Å². The van der Waals surface area contributed by atoms with E-state index < -0.39 is 0 Å². The Balaban J connectivity index is 1.87. The zero-order valence-corrected chi connectivity index (χ0v) is 10.1. The Kier molecular flexibility index (Phi) is 3.72. The van der Waals surface area contributed by atoms with E-state index in [9.17, 15) is 0 Å². The highest BCUT2D eigenvalue weighted by atomic mass is 15.1. The number of piperidine rings is 1. The first-order chi connectivity index (χ1) is 7.78. The summed E-state index contributed by atoms with van der Waals surface area (Å²) in [4.78, 5) is 11.0. The molecule has 0 aliphatic carbocycles. The average Bonchev–Trinajstić information content (AvgIpc) is 2.30. The molecule has 2 heterocycles. The van der Waals surface area contributed by atoms with Crippen LogP contribution in [0.25, 0.3) is 0 Å². The average molecular weight is 220 g/mol. The second kappa shape index (κ2) is 5.25. The maximum atomic E-state index is 4.37. The number of likely N-dealkylation sites (tertiary alicyclic amines) is 1. The van der Waals surface area contributed by atoms with Crippen molar-refractivity contribution in [2.75, 3.05) is 25.0 Å². The normalized spacial score (nSPS) is 18.6. The molecule has 1 aliphatic rings. The summed E-state index contributed by atoms with van der Waals surface area (Å²) in [5, 5.41) is 3.49. The zero-order chi connectivity index (χ0) is 11.4. The van der Waals surface area contributed by atoms with Crippen molar-refractivity contribution < 1.29 is 0 Å². The monoisotopic (exact) mass is 220 g/mol. The predicted octanol–water partition coefficient (Wildman–Crippen LogP) is 1.68. The van der Waals surface area contributed by atoms with Gasteiger partial charge >= 0.3 is 0 Å². The molecule has 1 N–H and O–H groups in total. The lowest BCUT2D eigenvalue weighted by atomic mass is 10.1. The number of hydrogen-bond donors (Lipinski definition) is 1. The maximum absolute atomic E-state index is 4.37. The number of nitrogens with zero attached hydrogens (tertiary/aromatic N) is 3. The number of rotatable bonds is 3. The Labute approximate surface area is 97.1 Å². The second-order valence-corrected chi connectivity index (χ2v) is 4.34. The molecule has 0 spiro atoms. The highest BCUT2D eigenvalue weighted by Crippen LogP contribution is 2.14. The van der Waals surface area contributed by atoms with Crippen LogP contribution in [0.2, 0.25) is 0 Å². The molecular formula is C12H20N4. The van der Waals surface area contributed by atoms with Gasteiger partial charge in [0.2, 0.25) is 0 Å². The van der Waals surface area contributed by atoms with E-state index in [0.717, 1.165) is 11.6 Å². The molecule has 88 valence electrons. The Morgan fingerprint density at radius 2 is 2.19 bits per heavy atom. The van der Waals surface area contributed by atoms with E-state index in [1.165, 1.54) is 32.5 Å². The number of anilines is 1. The molecule has 4 nitrogen and oxygen atoms in total. The lowest BCUT2D eigenvalue weighted by Crippen LogP contribution is -2.39. The van der Waals surface area contributed by atoms with Crippen LogP contribution in [0, 0.1) is 6.92 Å². The summed E-state index contributed by atoms with van der Waals surface area (Å²) in [5.74, 6) is 1.79. The van der Waals surface area contributed by atoms with Gasteiger partial charge in [0.25, 0.3) is 0 Å². The highest BCUT2D eigenvalue weighted by molar-refractivity contribution is 5.34. The fourth-order valence-electron chi connectivity index (χ4n) is 2.14. The fraction of sp³-hybridized carbons (Fsp3) is 0.667. The van der Waals surface area contributed by atoms with E-state index in [4.69, 9.17) is 0 Å². The van der Waals surface area contributed by atoms with Crippen LogP contribution in [-0.2, 0) is 0 Å². The number of aromatic nitrogens is 2. The van der Waals surface area contributed by atoms with Gasteiger partial charge in [-0.3, -0.25) is 0 Å². The number of aryl methyl sites for hydroxylation is 1. The summed E-state index contributed by atoms with van der Waals surface area (Å²) < 4.78 is 0. The minimum Gasteiger partial charge on any atom is -0.367 e. The first-order valence-corrected chi connectivity index (χ1v) is 6.06. The molecule has 2 rings (SSSR count). The zero-order valence-electron chi connectivity index (χ0n) is 10.1. The van der Waals surface area contributed by atoms with E-state index >= 15 is 0 Å². The van der Waals surface area contributed by atoms with E-state index in [0.29, 0.717) is 6.04 Å². The van der Waals surface area contributed by atoms with Gasteiger partial charge in [-0.25, -0.2) is 9.97 Å². The standard InChI is InChI=1S/C12H20N4/c1-3-16-8-5-11(6-9-16)15-12-4-7-13-10(2)14-12/h4,7,11H,3,5-6,8-9H2,1-2H3,(H,13,14,15). The topological polar surface area (TPSA) is 41.0 Å². The van der Waals surface area contributed by atoms with Crippen LogP contribution in [0.5, 0.6) is 0 Å². The first-order valence-electron chi connectivity index (χ1n) is 6.06. The Morgan fingerprint density at radius 1 is 1.44 bits per heavy atom. The van der Waals surface area contributed by atoms with Gasteiger partial charge in [0.05, 0.1) is 0 Å². The smallest absolute Gasteiger partial charge is 0.129 e. The van der Waals surface area contributed by atoms with Crippen LogP contribution >= 0.6 is 0 Å². The van der Waals surface area contributed by atoms with Crippen LogP contribution in [0.4, 0.5) is 5.82 Å². The van der Waals surface area contributed by atoms with E-state index in [-0.39, 0.29) is 0 Å². The van der Waals surface area contributed by atoms with Gasteiger partial charge in [0.1, 0.15) is 11.6 Å². The molecule has 0 aromatic carbocycles. The van der Waals surface area contributed by atoms with Crippen molar-refractivity contribution in [3.8, 4) is 0 Å². The third kappa shape index (κ3) is 2.92. The fourth-order valence-corrected chi connectivity index (χ4v) is 2.14. The van der Waals surface area contributed by atoms with Crippen molar-refractivity contribution in [3.63, 3.8) is 0 Å². The molecule has 0 radical (unpaired) electrons. The van der Waals surface area contributed by atoms with Gasteiger partial charge in [-0.05, 0) is 32.4 Å². The molecule has 1 saturated heterocycles. The summed E-state index contributed by atoms with van der Waals surface area (Å²) in [6.07, 6.45) is 4.22. The van der Waals surface area contributed by atoms with Gasteiger partial charge in [-0.2, -0.15) is 0 Å². The summed E-state index contributed by atoms with van der Waals surface area (Å²) in [5.41, 5.74) is 0. The molecule has 1 aliphatic heterocycles. The molecule has 4 heteroatoms. The lowest BCUT2D eigenvalue weighted by molar-refractivity contribution is 0.229. The van der Waals surface area contributed by atoms with E-state index in [1.54, 1.807) is 0 Å². The summed E-state index contributed by atoms with van der Waals surface area (Å²) in [6, 6.07) is 2.51. The van der Waals surface area contributed by atoms with Gasteiger partial charge in [-0.1, -0.05) is 6.92 Å². The largest absolute Gasteiger partial charge is 0.367 e.